The molecule has 2 aromatic rings. The quantitative estimate of drug-likeness (QED) is 0.759. The summed E-state index contributed by atoms with van der Waals surface area (Å²) >= 11 is 0. The molecule has 0 saturated carbocycles. The first-order chi connectivity index (χ1) is 11.7. The minimum absolute atomic E-state index is 0.446. The van der Waals surface area contributed by atoms with Gasteiger partial charge in [0.05, 0.1) is 40.1 Å². The Labute approximate surface area is 140 Å². The molecule has 1 heterocycles. The fourth-order valence-corrected chi connectivity index (χ4v) is 2.18. The van der Waals surface area contributed by atoms with E-state index in [1.165, 1.54) is 21.3 Å². The van der Waals surface area contributed by atoms with Crippen LogP contribution in [0.2, 0.25) is 0 Å². The van der Waals surface area contributed by atoms with Gasteiger partial charge in [-0.2, -0.15) is 5.26 Å². The molecule has 1 aromatic heterocycles. The monoisotopic (exact) mass is 326 g/mol. The SMILES string of the molecule is COc1ccc(/C=C(\C#N)c2cc(OC)c(OC)c(OC)c2)cn1. The lowest BCUT2D eigenvalue weighted by atomic mass is 10.0. The number of pyridine rings is 1. The minimum atomic E-state index is 0.446. The van der Waals surface area contributed by atoms with Gasteiger partial charge < -0.3 is 18.9 Å². The Balaban J connectivity index is 2.50. The van der Waals surface area contributed by atoms with E-state index in [2.05, 4.69) is 11.1 Å². The summed E-state index contributed by atoms with van der Waals surface area (Å²) in [5, 5.41) is 9.52. The molecule has 0 saturated heterocycles. The predicted molar refractivity (Wildman–Crippen MR) is 90.4 cm³/mol. The molecule has 24 heavy (non-hydrogen) atoms. The first-order valence-corrected chi connectivity index (χ1v) is 7.09. The van der Waals surface area contributed by atoms with Gasteiger partial charge in [-0.1, -0.05) is 0 Å². The van der Waals surface area contributed by atoms with Crippen molar-refractivity contribution < 1.29 is 18.9 Å². The molecular formula is C18H18N2O4. The van der Waals surface area contributed by atoms with E-state index in [1.807, 2.05) is 6.07 Å². The van der Waals surface area contributed by atoms with Crippen LogP contribution >= 0.6 is 0 Å². The second-order valence-corrected chi connectivity index (χ2v) is 4.72. The average Bonchev–Trinajstić information content (AvgIpc) is 2.65. The van der Waals surface area contributed by atoms with Crippen LogP contribution in [0.5, 0.6) is 23.1 Å². The normalized spacial score (nSPS) is 10.7. The van der Waals surface area contributed by atoms with E-state index in [0.717, 1.165) is 5.56 Å². The highest BCUT2D eigenvalue weighted by Crippen LogP contribution is 2.40. The lowest BCUT2D eigenvalue weighted by Crippen LogP contribution is -1.96. The van der Waals surface area contributed by atoms with Crippen LogP contribution in [-0.4, -0.2) is 33.4 Å². The third kappa shape index (κ3) is 3.58. The molecule has 0 unspecified atom stereocenters. The Morgan fingerprint density at radius 1 is 1.00 bits per heavy atom. The maximum absolute atomic E-state index is 9.52. The smallest absolute Gasteiger partial charge is 0.212 e. The molecule has 0 amide bonds. The molecule has 0 fully saturated rings. The fourth-order valence-electron chi connectivity index (χ4n) is 2.18. The van der Waals surface area contributed by atoms with Crippen LogP contribution in [0.15, 0.2) is 30.5 Å². The number of allylic oxidation sites excluding steroid dienone is 1. The van der Waals surface area contributed by atoms with Gasteiger partial charge in [-0.15, -0.1) is 0 Å². The topological polar surface area (TPSA) is 73.6 Å². The Bertz CT molecular complexity index is 752. The van der Waals surface area contributed by atoms with Crippen LogP contribution < -0.4 is 18.9 Å². The van der Waals surface area contributed by atoms with Crippen LogP contribution in [0.25, 0.3) is 11.6 Å². The Hall–Kier alpha value is -3.20. The molecule has 6 heteroatoms. The van der Waals surface area contributed by atoms with E-state index < -0.39 is 0 Å². The number of ether oxygens (including phenoxy) is 4. The summed E-state index contributed by atoms with van der Waals surface area (Å²) in [5.74, 6) is 1.97. The molecule has 1 aromatic carbocycles. The molecule has 0 aliphatic carbocycles. The van der Waals surface area contributed by atoms with Crippen LogP contribution in [0.4, 0.5) is 0 Å². The zero-order chi connectivity index (χ0) is 17.5. The van der Waals surface area contributed by atoms with Crippen molar-refractivity contribution in [3.05, 3.63) is 41.6 Å². The maximum Gasteiger partial charge on any atom is 0.212 e. The zero-order valence-electron chi connectivity index (χ0n) is 14.0. The molecule has 0 bridgehead atoms. The maximum atomic E-state index is 9.52. The summed E-state index contributed by atoms with van der Waals surface area (Å²) in [7, 11) is 6.15. The van der Waals surface area contributed by atoms with Crippen molar-refractivity contribution in [2.75, 3.05) is 28.4 Å². The Morgan fingerprint density at radius 2 is 1.67 bits per heavy atom. The Morgan fingerprint density at radius 3 is 2.08 bits per heavy atom. The lowest BCUT2D eigenvalue weighted by Gasteiger charge is -2.13. The van der Waals surface area contributed by atoms with Gasteiger partial charge in [0.1, 0.15) is 0 Å². The van der Waals surface area contributed by atoms with Gasteiger partial charge in [0.2, 0.25) is 11.6 Å². The summed E-state index contributed by atoms with van der Waals surface area (Å²) in [6, 6.07) is 9.20. The molecule has 0 radical (unpaired) electrons. The molecular weight excluding hydrogens is 308 g/mol. The van der Waals surface area contributed by atoms with Crippen molar-refractivity contribution in [2.24, 2.45) is 0 Å². The molecule has 0 spiro atoms. The highest BCUT2D eigenvalue weighted by Gasteiger charge is 2.15. The molecule has 0 aliphatic heterocycles. The third-order valence-electron chi connectivity index (χ3n) is 3.38. The molecule has 0 aliphatic rings. The number of aromatic nitrogens is 1. The van der Waals surface area contributed by atoms with E-state index in [4.69, 9.17) is 18.9 Å². The molecule has 6 nitrogen and oxygen atoms in total. The molecule has 0 atom stereocenters. The summed E-state index contributed by atoms with van der Waals surface area (Å²) in [4.78, 5) is 4.13. The molecule has 2 rings (SSSR count). The van der Waals surface area contributed by atoms with Crippen LogP contribution in [-0.2, 0) is 0 Å². The predicted octanol–water partition coefficient (Wildman–Crippen LogP) is 3.18. The zero-order valence-corrected chi connectivity index (χ0v) is 14.0. The molecule has 124 valence electrons. The summed E-state index contributed by atoms with van der Waals surface area (Å²) < 4.78 is 21.0. The van der Waals surface area contributed by atoms with Gasteiger partial charge in [-0.25, -0.2) is 4.98 Å². The number of nitrogens with zero attached hydrogens (tertiary/aromatic N) is 2. The second kappa shape index (κ2) is 7.88. The van der Waals surface area contributed by atoms with E-state index in [9.17, 15) is 5.26 Å². The molecule has 0 N–H and O–H groups in total. The summed E-state index contributed by atoms with van der Waals surface area (Å²) in [6.07, 6.45) is 3.36. The van der Waals surface area contributed by atoms with Crippen molar-refractivity contribution in [3.63, 3.8) is 0 Å². The average molecular weight is 326 g/mol. The van der Waals surface area contributed by atoms with Gasteiger partial charge in [-0.3, -0.25) is 0 Å². The van der Waals surface area contributed by atoms with E-state index in [1.54, 1.807) is 37.6 Å². The van der Waals surface area contributed by atoms with E-state index in [-0.39, 0.29) is 0 Å². The second-order valence-electron chi connectivity index (χ2n) is 4.72. The van der Waals surface area contributed by atoms with Crippen molar-refractivity contribution in [1.29, 1.82) is 5.26 Å². The van der Waals surface area contributed by atoms with Gasteiger partial charge in [-0.05, 0) is 35.4 Å². The van der Waals surface area contributed by atoms with Gasteiger partial charge in [0, 0.05) is 12.3 Å². The standard InChI is InChI=1S/C18H18N2O4/c1-21-15-8-13(9-16(22-2)18(15)24-4)14(10-19)7-12-5-6-17(23-3)20-11-12/h5-9,11H,1-4H3/b14-7+. The van der Waals surface area contributed by atoms with Crippen molar-refractivity contribution in [2.45, 2.75) is 0 Å². The number of nitriles is 1. The number of hydrogen-bond acceptors (Lipinski definition) is 6. The largest absolute Gasteiger partial charge is 0.493 e. The fraction of sp³-hybridized carbons (Fsp3) is 0.222. The number of benzene rings is 1. The first kappa shape index (κ1) is 17.2. The van der Waals surface area contributed by atoms with E-state index >= 15 is 0 Å². The lowest BCUT2D eigenvalue weighted by molar-refractivity contribution is 0.324. The van der Waals surface area contributed by atoms with Crippen LogP contribution in [0.3, 0.4) is 0 Å². The number of rotatable bonds is 6. The van der Waals surface area contributed by atoms with Crippen molar-refractivity contribution in [3.8, 4) is 29.2 Å². The minimum Gasteiger partial charge on any atom is -0.493 e. The highest BCUT2D eigenvalue weighted by atomic mass is 16.5. The number of methoxy groups -OCH3 is 4. The van der Waals surface area contributed by atoms with Crippen LogP contribution in [0.1, 0.15) is 11.1 Å². The Kier molecular flexibility index (Phi) is 5.63. The van der Waals surface area contributed by atoms with Crippen molar-refractivity contribution >= 4 is 11.6 Å². The number of hydrogen-bond donors (Lipinski definition) is 0. The first-order valence-electron chi connectivity index (χ1n) is 7.09. The van der Waals surface area contributed by atoms with Gasteiger partial charge in [0.25, 0.3) is 0 Å². The van der Waals surface area contributed by atoms with Crippen molar-refractivity contribution in [1.82, 2.24) is 4.98 Å². The van der Waals surface area contributed by atoms with Gasteiger partial charge in [0.15, 0.2) is 11.5 Å². The highest BCUT2D eigenvalue weighted by molar-refractivity contribution is 5.90. The third-order valence-corrected chi connectivity index (χ3v) is 3.38. The van der Waals surface area contributed by atoms with Crippen LogP contribution in [0, 0.1) is 11.3 Å². The van der Waals surface area contributed by atoms with E-state index in [0.29, 0.717) is 34.3 Å². The van der Waals surface area contributed by atoms with Gasteiger partial charge >= 0.3 is 0 Å². The summed E-state index contributed by atoms with van der Waals surface area (Å²) in [5.41, 5.74) is 1.88. The summed E-state index contributed by atoms with van der Waals surface area (Å²) in [6.45, 7) is 0.